The molecule has 0 radical (unpaired) electrons. The van der Waals surface area contributed by atoms with E-state index < -0.39 is 0 Å². The third-order valence-corrected chi connectivity index (χ3v) is 4.33. The van der Waals surface area contributed by atoms with Crippen molar-refractivity contribution < 1.29 is 0 Å². The van der Waals surface area contributed by atoms with Gasteiger partial charge in [-0.15, -0.1) is 0 Å². The van der Waals surface area contributed by atoms with E-state index in [1.165, 1.54) is 44.1 Å². The number of rotatable bonds is 5. The Hall–Kier alpha value is -0.820. The van der Waals surface area contributed by atoms with Gasteiger partial charge in [-0.05, 0) is 37.7 Å². The lowest BCUT2D eigenvalue weighted by molar-refractivity contribution is 0.233. The second kappa shape index (κ2) is 6.94. The van der Waals surface area contributed by atoms with Crippen LogP contribution < -0.4 is 5.32 Å². The normalized spacial score (nSPS) is 25.9. The van der Waals surface area contributed by atoms with Gasteiger partial charge in [0.15, 0.2) is 0 Å². The SMILES string of the molecule is CCC[C@H]1CCCC[C@H]1N[C@H](C)c1ccccc1. The van der Waals surface area contributed by atoms with Crippen molar-refractivity contribution >= 4 is 0 Å². The highest BCUT2D eigenvalue weighted by atomic mass is 15.0. The molecule has 2 rings (SSSR count). The molecule has 100 valence electrons. The molecule has 1 N–H and O–H groups in total. The zero-order valence-corrected chi connectivity index (χ0v) is 11.9. The Morgan fingerprint density at radius 3 is 2.61 bits per heavy atom. The van der Waals surface area contributed by atoms with E-state index in [1.54, 1.807) is 0 Å². The summed E-state index contributed by atoms with van der Waals surface area (Å²) in [6.45, 7) is 4.61. The van der Waals surface area contributed by atoms with Crippen LogP contribution in [-0.4, -0.2) is 6.04 Å². The molecule has 1 fully saturated rings. The fourth-order valence-corrected chi connectivity index (χ4v) is 3.30. The third-order valence-electron chi connectivity index (χ3n) is 4.33. The number of benzene rings is 1. The van der Waals surface area contributed by atoms with Crippen molar-refractivity contribution in [3.63, 3.8) is 0 Å². The summed E-state index contributed by atoms with van der Waals surface area (Å²) >= 11 is 0. The van der Waals surface area contributed by atoms with Crippen LogP contribution in [0.3, 0.4) is 0 Å². The highest BCUT2D eigenvalue weighted by molar-refractivity contribution is 5.18. The predicted molar refractivity (Wildman–Crippen MR) is 78.6 cm³/mol. The first-order valence-electron chi connectivity index (χ1n) is 7.62. The fraction of sp³-hybridized carbons (Fsp3) is 0.647. The van der Waals surface area contributed by atoms with Crippen LogP contribution in [0.2, 0.25) is 0 Å². The van der Waals surface area contributed by atoms with E-state index in [9.17, 15) is 0 Å². The minimum absolute atomic E-state index is 0.480. The number of nitrogens with one attached hydrogen (secondary N) is 1. The van der Waals surface area contributed by atoms with Crippen molar-refractivity contribution in [3.8, 4) is 0 Å². The van der Waals surface area contributed by atoms with Crippen molar-refractivity contribution in [3.05, 3.63) is 35.9 Å². The van der Waals surface area contributed by atoms with E-state index in [-0.39, 0.29) is 0 Å². The molecule has 1 nitrogen and oxygen atoms in total. The van der Waals surface area contributed by atoms with Gasteiger partial charge in [0.2, 0.25) is 0 Å². The average molecular weight is 245 g/mol. The number of hydrogen-bond donors (Lipinski definition) is 1. The second-order valence-electron chi connectivity index (χ2n) is 5.74. The van der Waals surface area contributed by atoms with Crippen LogP contribution in [0.15, 0.2) is 30.3 Å². The summed E-state index contributed by atoms with van der Waals surface area (Å²) in [6.07, 6.45) is 8.33. The lowest BCUT2D eigenvalue weighted by Crippen LogP contribution is -2.39. The maximum atomic E-state index is 3.87. The standard InChI is InChI=1S/C17H27N/c1-3-9-16-12-7-8-13-17(16)18-14(2)15-10-5-4-6-11-15/h4-6,10-11,14,16-18H,3,7-9,12-13H2,1-2H3/t14-,16+,17-/m1/s1. The van der Waals surface area contributed by atoms with E-state index in [4.69, 9.17) is 0 Å². The van der Waals surface area contributed by atoms with Crippen LogP contribution in [0.25, 0.3) is 0 Å². The molecule has 0 heterocycles. The molecule has 0 aromatic heterocycles. The van der Waals surface area contributed by atoms with Gasteiger partial charge in [0.05, 0.1) is 0 Å². The molecule has 0 spiro atoms. The van der Waals surface area contributed by atoms with Gasteiger partial charge in [-0.1, -0.05) is 56.5 Å². The maximum Gasteiger partial charge on any atom is 0.0294 e. The smallest absolute Gasteiger partial charge is 0.0294 e. The van der Waals surface area contributed by atoms with Crippen LogP contribution in [0.4, 0.5) is 0 Å². The van der Waals surface area contributed by atoms with Crippen molar-refractivity contribution in [2.24, 2.45) is 5.92 Å². The first-order chi connectivity index (χ1) is 8.81. The molecule has 1 aromatic rings. The van der Waals surface area contributed by atoms with Gasteiger partial charge in [0, 0.05) is 12.1 Å². The molecule has 1 aromatic carbocycles. The molecule has 3 atom stereocenters. The zero-order chi connectivity index (χ0) is 12.8. The van der Waals surface area contributed by atoms with Gasteiger partial charge < -0.3 is 5.32 Å². The van der Waals surface area contributed by atoms with Crippen molar-refractivity contribution in [1.29, 1.82) is 0 Å². The largest absolute Gasteiger partial charge is 0.307 e. The molecule has 0 bridgehead atoms. The molecular weight excluding hydrogens is 218 g/mol. The van der Waals surface area contributed by atoms with Gasteiger partial charge in [-0.25, -0.2) is 0 Å². The first kappa shape index (κ1) is 13.6. The summed E-state index contributed by atoms with van der Waals surface area (Å²) in [5.74, 6) is 0.898. The minimum atomic E-state index is 0.480. The Kier molecular flexibility index (Phi) is 5.25. The summed E-state index contributed by atoms with van der Waals surface area (Å²) in [6, 6.07) is 12.0. The van der Waals surface area contributed by atoms with Gasteiger partial charge >= 0.3 is 0 Å². The van der Waals surface area contributed by atoms with Crippen LogP contribution in [0, 0.1) is 5.92 Å². The molecule has 18 heavy (non-hydrogen) atoms. The van der Waals surface area contributed by atoms with E-state index in [2.05, 4.69) is 49.5 Å². The average Bonchev–Trinajstić information content (AvgIpc) is 2.42. The topological polar surface area (TPSA) is 12.0 Å². The Morgan fingerprint density at radius 2 is 1.89 bits per heavy atom. The molecule has 0 saturated heterocycles. The fourth-order valence-electron chi connectivity index (χ4n) is 3.30. The predicted octanol–water partition coefficient (Wildman–Crippen LogP) is 4.70. The van der Waals surface area contributed by atoms with Crippen molar-refractivity contribution in [2.75, 3.05) is 0 Å². The van der Waals surface area contributed by atoms with E-state index >= 15 is 0 Å². The van der Waals surface area contributed by atoms with E-state index in [0.717, 1.165) is 12.0 Å². The Morgan fingerprint density at radius 1 is 1.17 bits per heavy atom. The molecule has 0 amide bonds. The van der Waals surface area contributed by atoms with Crippen LogP contribution in [-0.2, 0) is 0 Å². The first-order valence-corrected chi connectivity index (χ1v) is 7.62. The molecule has 1 aliphatic carbocycles. The quantitative estimate of drug-likeness (QED) is 0.793. The highest BCUT2D eigenvalue weighted by Gasteiger charge is 2.25. The Labute approximate surface area is 112 Å². The molecule has 1 saturated carbocycles. The van der Waals surface area contributed by atoms with Gasteiger partial charge in [0.1, 0.15) is 0 Å². The van der Waals surface area contributed by atoms with E-state index in [0.29, 0.717) is 6.04 Å². The number of hydrogen-bond acceptors (Lipinski definition) is 1. The summed E-state index contributed by atoms with van der Waals surface area (Å²) in [7, 11) is 0. The minimum Gasteiger partial charge on any atom is -0.307 e. The highest BCUT2D eigenvalue weighted by Crippen LogP contribution is 2.29. The molecule has 0 unspecified atom stereocenters. The summed E-state index contributed by atoms with van der Waals surface area (Å²) < 4.78 is 0. The van der Waals surface area contributed by atoms with Gasteiger partial charge in [0.25, 0.3) is 0 Å². The maximum absolute atomic E-state index is 3.87. The van der Waals surface area contributed by atoms with E-state index in [1.807, 2.05) is 0 Å². The summed E-state index contributed by atoms with van der Waals surface area (Å²) in [5.41, 5.74) is 1.42. The third kappa shape index (κ3) is 3.58. The van der Waals surface area contributed by atoms with Crippen molar-refractivity contribution in [2.45, 2.75) is 64.5 Å². The van der Waals surface area contributed by atoms with Gasteiger partial charge in [-0.2, -0.15) is 0 Å². The Bertz CT molecular complexity index is 331. The lowest BCUT2D eigenvalue weighted by atomic mass is 9.81. The molecule has 1 heteroatoms. The Balaban J connectivity index is 1.94. The van der Waals surface area contributed by atoms with Gasteiger partial charge in [-0.3, -0.25) is 0 Å². The molecule has 1 aliphatic rings. The van der Waals surface area contributed by atoms with Crippen LogP contribution >= 0.6 is 0 Å². The molecular formula is C17H27N. The lowest BCUT2D eigenvalue weighted by Gasteiger charge is -2.34. The monoisotopic (exact) mass is 245 g/mol. The van der Waals surface area contributed by atoms with Crippen LogP contribution in [0.1, 0.15) is 64.0 Å². The van der Waals surface area contributed by atoms with Crippen molar-refractivity contribution in [1.82, 2.24) is 5.32 Å². The van der Waals surface area contributed by atoms with Crippen LogP contribution in [0.5, 0.6) is 0 Å². The molecule has 0 aliphatic heterocycles. The summed E-state index contributed by atoms with van der Waals surface area (Å²) in [5, 5.41) is 3.87. The summed E-state index contributed by atoms with van der Waals surface area (Å²) in [4.78, 5) is 0. The second-order valence-corrected chi connectivity index (χ2v) is 5.74. The zero-order valence-electron chi connectivity index (χ0n) is 11.9.